The summed E-state index contributed by atoms with van der Waals surface area (Å²) in [5.74, 6) is 0. The fourth-order valence-corrected chi connectivity index (χ4v) is 3.63. The third-order valence-corrected chi connectivity index (χ3v) is 4.90. The van der Waals surface area contributed by atoms with E-state index in [1.54, 1.807) is 0 Å². The molecule has 2 atom stereocenters. The first-order valence-corrected chi connectivity index (χ1v) is 8.65. The highest BCUT2D eigenvalue weighted by molar-refractivity contribution is 5.01. The van der Waals surface area contributed by atoms with Crippen LogP contribution in [-0.4, -0.2) is 33.7 Å². The lowest BCUT2D eigenvalue weighted by molar-refractivity contribution is 0.0810. The van der Waals surface area contributed by atoms with Crippen molar-refractivity contribution in [3.63, 3.8) is 0 Å². The van der Waals surface area contributed by atoms with Gasteiger partial charge in [-0.15, -0.1) is 0 Å². The van der Waals surface area contributed by atoms with E-state index in [2.05, 4.69) is 22.0 Å². The van der Waals surface area contributed by atoms with Crippen LogP contribution in [0.1, 0.15) is 69.5 Å². The van der Waals surface area contributed by atoms with E-state index < -0.39 is 0 Å². The van der Waals surface area contributed by atoms with Gasteiger partial charge in [-0.05, 0) is 44.6 Å². The molecule has 1 saturated carbocycles. The Kier molecular flexibility index (Phi) is 5.31. The Balaban J connectivity index is 1.44. The van der Waals surface area contributed by atoms with E-state index in [4.69, 9.17) is 4.74 Å². The summed E-state index contributed by atoms with van der Waals surface area (Å²) in [6, 6.07) is 2.65. The fourth-order valence-electron chi connectivity index (χ4n) is 3.63. The number of nitrogens with zero attached hydrogens (tertiary/aromatic N) is 2. The summed E-state index contributed by atoms with van der Waals surface area (Å²) >= 11 is 0. The number of hydrogen-bond donors (Lipinski definition) is 1. The molecule has 1 aromatic rings. The second-order valence-electron chi connectivity index (χ2n) is 6.65. The van der Waals surface area contributed by atoms with Crippen molar-refractivity contribution in [3.05, 3.63) is 18.0 Å². The highest BCUT2D eigenvalue weighted by atomic mass is 16.5. The molecule has 0 bridgehead atoms. The molecule has 21 heavy (non-hydrogen) atoms. The van der Waals surface area contributed by atoms with Crippen molar-refractivity contribution in [1.82, 2.24) is 9.78 Å². The van der Waals surface area contributed by atoms with Crippen molar-refractivity contribution in [2.45, 2.75) is 82.5 Å². The molecule has 1 N–H and O–H groups in total. The van der Waals surface area contributed by atoms with Crippen LogP contribution in [-0.2, 0) is 11.2 Å². The second-order valence-corrected chi connectivity index (χ2v) is 6.65. The molecule has 0 radical (unpaired) electrons. The Morgan fingerprint density at radius 1 is 1.24 bits per heavy atom. The molecule has 3 rings (SSSR count). The van der Waals surface area contributed by atoms with Crippen LogP contribution in [0.25, 0.3) is 0 Å². The van der Waals surface area contributed by atoms with E-state index in [9.17, 15) is 5.11 Å². The summed E-state index contributed by atoms with van der Waals surface area (Å²) < 4.78 is 7.73. The van der Waals surface area contributed by atoms with Crippen LogP contribution < -0.4 is 0 Å². The van der Waals surface area contributed by atoms with Gasteiger partial charge in [0.2, 0.25) is 0 Å². The average Bonchev–Trinajstić information content (AvgIpc) is 3.17. The van der Waals surface area contributed by atoms with E-state index >= 15 is 0 Å². The summed E-state index contributed by atoms with van der Waals surface area (Å²) in [7, 11) is 0. The van der Waals surface area contributed by atoms with E-state index in [1.807, 2.05) is 0 Å². The van der Waals surface area contributed by atoms with Crippen LogP contribution in [0.3, 0.4) is 0 Å². The maximum atomic E-state index is 10.2. The van der Waals surface area contributed by atoms with Gasteiger partial charge in [0.25, 0.3) is 0 Å². The van der Waals surface area contributed by atoms with Crippen LogP contribution in [0, 0.1) is 0 Å². The van der Waals surface area contributed by atoms with E-state index in [1.165, 1.54) is 38.5 Å². The Hall–Kier alpha value is -0.870. The van der Waals surface area contributed by atoms with Gasteiger partial charge in [0.1, 0.15) is 0 Å². The van der Waals surface area contributed by atoms with Gasteiger partial charge in [0.05, 0.1) is 23.9 Å². The zero-order chi connectivity index (χ0) is 14.5. The fraction of sp³-hybridized carbons (Fsp3) is 0.824. The quantitative estimate of drug-likeness (QED) is 0.875. The molecule has 1 saturated heterocycles. The SMILES string of the molecule is OC(CCC1CCCO1)Cc1ccn(C2CCCCC2)n1. The molecule has 0 amide bonds. The van der Waals surface area contributed by atoms with Gasteiger partial charge in [0, 0.05) is 19.2 Å². The lowest BCUT2D eigenvalue weighted by Crippen LogP contribution is -2.16. The molecular formula is C17H28N2O2. The van der Waals surface area contributed by atoms with Gasteiger partial charge in [-0.1, -0.05) is 19.3 Å². The predicted octanol–water partition coefficient (Wildman–Crippen LogP) is 3.25. The van der Waals surface area contributed by atoms with Gasteiger partial charge in [0.15, 0.2) is 0 Å². The van der Waals surface area contributed by atoms with Crippen molar-refractivity contribution in [1.29, 1.82) is 0 Å². The smallest absolute Gasteiger partial charge is 0.0650 e. The van der Waals surface area contributed by atoms with Crippen LogP contribution in [0.5, 0.6) is 0 Å². The van der Waals surface area contributed by atoms with Gasteiger partial charge in [-0.25, -0.2) is 0 Å². The Morgan fingerprint density at radius 3 is 2.86 bits per heavy atom. The molecule has 118 valence electrons. The van der Waals surface area contributed by atoms with Crippen molar-refractivity contribution in [3.8, 4) is 0 Å². The normalized spacial score (nSPS) is 25.3. The molecule has 2 heterocycles. The lowest BCUT2D eigenvalue weighted by Gasteiger charge is -2.21. The van der Waals surface area contributed by atoms with Crippen molar-refractivity contribution >= 4 is 0 Å². The van der Waals surface area contributed by atoms with Gasteiger partial charge >= 0.3 is 0 Å². The minimum Gasteiger partial charge on any atom is -0.393 e. The monoisotopic (exact) mass is 292 g/mol. The first-order chi connectivity index (χ1) is 10.3. The molecule has 2 aliphatic rings. The standard InChI is InChI=1S/C17H28N2O2/c20-16(8-9-17-7-4-12-21-17)13-14-10-11-19(18-14)15-5-2-1-3-6-15/h10-11,15-17,20H,1-9,12-13H2. The Labute approximate surface area is 127 Å². The minimum atomic E-state index is -0.288. The molecule has 0 aromatic carbocycles. The van der Waals surface area contributed by atoms with E-state index in [0.717, 1.165) is 31.6 Å². The molecule has 2 fully saturated rings. The molecule has 1 aliphatic heterocycles. The van der Waals surface area contributed by atoms with Crippen molar-refractivity contribution in [2.24, 2.45) is 0 Å². The van der Waals surface area contributed by atoms with E-state index in [0.29, 0.717) is 18.6 Å². The molecule has 4 nitrogen and oxygen atoms in total. The highest BCUT2D eigenvalue weighted by Crippen LogP contribution is 2.27. The van der Waals surface area contributed by atoms with Gasteiger partial charge in [-0.3, -0.25) is 4.68 Å². The summed E-state index contributed by atoms with van der Waals surface area (Å²) in [5.41, 5.74) is 1.03. The third-order valence-electron chi connectivity index (χ3n) is 4.90. The van der Waals surface area contributed by atoms with E-state index in [-0.39, 0.29) is 6.10 Å². The van der Waals surface area contributed by atoms with Crippen LogP contribution >= 0.6 is 0 Å². The summed E-state index contributed by atoms with van der Waals surface area (Å²) in [6.45, 7) is 0.895. The average molecular weight is 292 g/mol. The predicted molar refractivity (Wildman–Crippen MR) is 82.3 cm³/mol. The van der Waals surface area contributed by atoms with Crippen LogP contribution in [0.2, 0.25) is 0 Å². The zero-order valence-corrected chi connectivity index (χ0v) is 12.9. The number of ether oxygens (including phenoxy) is 1. The minimum absolute atomic E-state index is 0.288. The highest BCUT2D eigenvalue weighted by Gasteiger charge is 2.19. The molecule has 4 heteroatoms. The number of rotatable bonds is 6. The maximum Gasteiger partial charge on any atom is 0.0650 e. The maximum absolute atomic E-state index is 10.2. The first-order valence-electron chi connectivity index (χ1n) is 8.65. The molecule has 1 aromatic heterocycles. The molecule has 0 spiro atoms. The van der Waals surface area contributed by atoms with Crippen LogP contribution in [0.4, 0.5) is 0 Å². The third kappa shape index (κ3) is 4.30. The first kappa shape index (κ1) is 15.0. The number of aliphatic hydroxyl groups is 1. The zero-order valence-electron chi connectivity index (χ0n) is 12.9. The lowest BCUT2D eigenvalue weighted by atomic mass is 9.96. The number of aliphatic hydroxyl groups excluding tert-OH is 1. The summed E-state index contributed by atoms with van der Waals surface area (Å²) in [6.07, 6.45) is 13.5. The Bertz CT molecular complexity index is 420. The van der Waals surface area contributed by atoms with Crippen LogP contribution in [0.15, 0.2) is 12.3 Å². The van der Waals surface area contributed by atoms with Crippen molar-refractivity contribution in [2.75, 3.05) is 6.61 Å². The largest absolute Gasteiger partial charge is 0.393 e. The number of hydrogen-bond acceptors (Lipinski definition) is 3. The summed E-state index contributed by atoms with van der Waals surface area (Å²) in [5, 5.41) is 14.9. The second kappa shape index (κ2) is 7.41. The van der Waals surface area contributed by atoms with Gasteiger partial charge in [-0.2, -0.15) is 5.10 Å². The molecule has 2 unspecified atom stereocenters. The molecular weight excluding hydrogens is 264 g/mol. The van der Waals surface area contributed by atoms with Gasteiger partial charge < -0.3 is 9.84 Å². The summed E-state index contributed by atoms with van der Waals surface area (Å²) in [4.78, 5) is 0. The number of aromatic nitrogens is 2. The topological polar surface area (TPSA) is 47.3 Å². The van der Waals surface area contributed by atoms with Crippen molar-refractivity contribution < 1.29 is 9.84 Å². The Morgan fingerprint density at radius 2 is 2.10 bits per heavy atom. The molecule has 1 aliphatic carbocycles.